The lowest BCUT2D eigenvalue weighted by atomic mass is 10.1. The number of carbonyl (C=O) groups excluding carboxylic acids is 2. The van der Waals surface area contributed by atoms with E-state index in [1.54, 1.807) is 36.4 Å². The van der Waals surface area contributed by atoms with Crippen molar-refractivity contribution in [1.82, 2.24) is 4.98 Å². The number of amides is 1. The van der Waals surface area contributed by atoms with E-state index in [1.165, 1.54) is 13.3 Å². The fourth-order valence-electron chi connectivity index (χ4n) is 2.71. The third-order valence-electron chi connectivity index (χ3n) is 4.23. The van der Waals surface area contributed by atoms with Gasteiger partial charge in [-0.1, -0.05) is 36.4 Å². The summed E-state index contributed by atoms with van der Waals surface area (Å²) in [6.07, 6.45) is 1.51. The molecule has 0 bridgehead atoms. The van der Waals surface area contributed by atoms with Crippen LogP contribution in [0.25, 0.3) is 0 Å². The topological polar surface area (TPSA) is 80.3 Å². The molecule has 3 rings (SSSR count). The minimum absolute atomic E-state index is 0.0921. The van der Waals surface area contributed by atoms with Crippen molar-refractivity contribution in [1.29, 1.82) is 0 Å². The summed E-state index contributed by atoms with van der Waals surface area (Å²) in [6.45, 7) is 2.05. The first-order chi connectivity index (χ1) is 13.6. The Morgan fingerprint density at radius 1 is 0.964 bits per heavy atom. The maximum absolute atomic E-state index is 12.4. The molecule has 1 atom stereocenters. The molecule has 0 aliphatic heterocycles. The van der Waals surface area contributed by atoms with Crippen LogP contribution in [0.15, 0.2) is 72.9 Å². The molecule has 0 spiro atoms. The number of pyridine rings is 1. The summed E-state index contributed by atoms with van der Waals surface area (Å²) in [5.74, 6) is -0.0847. The van der Waals surface area contributed by atoms with Crippen molar-refractivity contribution < 1.29 is 14.3 Å². The van der Waals surface area contributed by atoms with Crippen LogP contribution in [-0.2, 0) is 4.74 Å². The van der Waals surface area contributed by atoms with Gasteiger partial charge >= 0.3 is 5.97 Å². The maximum Gasteiger partial charge on any atom is 0.337 e. The van der Waals surface area contributed by atoms with Gasteiger partial charge in [0.15, 0.2) is 0 Å². The van der Waals surface area contributed by atoms with Crippen LogP contribution in [0.5, 0.6) is 0 Å². The van der Waals surface area contributed by atoms with E-state index < -0.39 is 5.97 Å². The fourth-order valence-corrected chi connectivity index (χ4v) is 2.71. The molecule has 0 aliphatic rings. The Kier molecular flexibility index (Phi) is 6.01. The van der Waals surface area contributed by atoms with Gasteiger partial charge < -0.3 is 15.4 Å². The zero-order valence-electron chi connectivity index (χ0n) is 15.7. The summed E-state index contributed by atoms with van der Waals surface area (Å²) in [7, 11) is 1.31. The van der Waals surface area contributed by atoms with E-state index in [9.17, 15) is 9.59 Å². The molecule has 142 valence electrons. The van der Waals surface area contributed by atoms with Gasteiger partial charge in [0.2, 0.25) is 0 Å². The lowest BCUT2D eigenvalue weighted by molar-refractivity contribution is 0.0600. The molecule has 2 N–H and O–H groups in total. The second kappa shape index (κ2) is 8.81. The number of nitrogens with one attached hydrogen (secondary N) is 2. The maximum atomic E-state index is 12.4. The van der Waals surface area contributed by atoms with Gasteiger partial charge in [0.1, 0.15) is 5.82 Å². The summed E-state index contributed by atoms with van der Waals surface area (Å²) in [5.41, 5.74) is 2.44. The second-order valence-electron chi connectivity index (χ2n) is 6.24. The van der Waals surface area contributed by atoms with Crippen LogP contribution in [0, 0.1) is 0 Å². The van der Waals surface area contributed by atoms with Crippen LogP contribution in [0.1, 0.15) is 39.2 Å². The Bertz CT molecular complexity index is 956. The first kappa shape index (κ1) is 19.1. The number of methoxy groups -OCH3 is 1. The minimum Gasteiger partial charge on any atom is -0.465 e. The van der Waals surface area contributed by atoms with Gasteiger partial charge in [-0.25, -0.2) is 9.78 Å². The number of ether oxygens (including phenoxy) is 1. The van der Waals surface area contributed by atoms with Gasteiger partial charge in [-0.2, -0.15) is 0 Å². The van der Waals surface area contributed by atoms with Crippen LogP contribution >= 0.6 is 0 Å². The number of hydrogen-bond acceptors (Lipinski definition) is 5. The van der Waals surface area contributed by atoms with Crippen LogP contribution in [0.4, 0.5) is 11.5 Å². The quantitative estimate of drug-likeness (QED) is 0.628. The van der Waals surface area contributed by atoms with Crippen LogP contribution in [-0.4, -0.2) is 24.0 Å². The average Bonchev–Trinajstić information content (AvgIpc) is 2.74. The molecule has 1 unspecified atom stereocenters. The lowest BCUT2D eigenvalue weighted by Crippen LogP contribution is -2.13. The summed E-state index contributed by atoms with van der Waals surface area (Å²) >= 11 is 0. The Labute approximate surface area is 163 Å². The Morgan fingerprint density at radius 3 is 2.43 bits per heavy atom. The monoisotopic (exact) mass is 375 g/mol. The van der Waals surface area contributed by atoms with E-state index in [0.717, 1.165) is 5.56 Å². The molecular formula is C22H21N3O3. The molecule has 3 aromatic rings. The van der Waals surface area contributed by atoms with Gasteiger partial charge in [0, 0.05) is 17.9 Å². The molecule has 6 nitrogen and oxygen atoms in total. The number of rotatable bonds is 6. The number of benzene rings is 2. The molecule has 1 aromatic heterocycles. The number of aromatic nitrogens is 1. The molecule has 0 aliphatic carbocycles. The molecule has 2 aromatic carbocycles. The number of nitrogens with zero attached hydrogens (tertiary/aromatic N) is 1. The molecule has 1 amide bonds. The number of carbonyl (C=O) groups is 2. The van der Waals surface area contributed by atoms with Crippen molar-refractivity contribution in [2.75, 3.05) is 17.7 Å². The third kappa shape index (κ3) is 4.73. The van der Waals surface area contributed by atoms with Crippen molar-refractivity contribution >= 4 is 23.4 Å². The molecule has 0 saturated carbocycles. The van der Waals surface area contributed by atoms with Crippen LogP contribution in [0.2, 0.25) is 0 Å². The molecule has 1 heterocycles. The predicted octanol–water partition coefficient (Wildman–Crippen LogP) is 4.29. The number of hydrogen-bond donors (Lipinski definition) is 2. The van der Waals surface area contributed by atoms with Crippen LogP contribution in [0.3, 0.4) is 0 Å². The Morgan fingerprint density at radius 2 is 1.75 bits per heavy atom. The van der Waals surface area contributed by atoms with Gasteiger partial charge in [-0.3, -0.25) is 4.79 Å². The van der Waals surface area contributed by atoms with Crippen molar-refractivity contribution in [2.24, 2.45) is 0 Å². The molecular weight excluding hydrogens is 354 g/mol. The van der Waals surface area contributed by atoms with Crippen molar-refractivity contribution in [2.45, 2.75) is 13.0 Å². The standard InChI is InChI=1S/C22H21N3O3/c1-15(16-7-4-3-5-8-16)24-20-12-11-18(14-23-20)21(26)25-19-10-6-9-17(13-19)22(27)28-2/h3-15H,1-2H3,(H,23,24)(H,25,26). The van der Waals surface area contributed by atoms with Gasteiger partial charge in [-0.15, -0.1) is 0 Å². The third-order valence-corrected chi connectivity index (χ3v) is 4.23. The molecule has 0 fully saturated rings. The highest BCUT2D eigenvalue weighted by molar-refractivity contribution is 6.04. The van der Waals surface area contributed by atoms with E-state index in [-0.39, 0.29) is 11.9 Å². The number of anilines is 2. The van der Waals surface area contributed by atoms with Crippen molar-refractivity contribution in [3.8, 4) is 0 Å². The van der Waals surface area contributed by atoms with Crippen molar-refractivity contribution in [3.05, 3.63) is 89.6 Å². The van der Waals surface area contributed by atoms with Gasteiger partial charge in [-0.05, 0) is 42.8 Å². The largest absolute Gasteiger partial charge is 0.465 e. The van der Waals surface area contributed by atoms with E-state index in [0.29, 0.717) is 22.6 Å². The molecule has 6 heteroatoms. The predicted molar refractivity (Wildman–Crippen MR) is 108 cm³/mol. The smallest absolute Gasteiger partial charge is 0.337 e. The number of esters is 1. The van der Waals surface area contributed by atoms with Gasteiger partial charge in [0.25, 0.3) is 5.91 Å². The van der Waals surface area contributed by atoms with E-state index in [2.05, 4.69) is 20.4 Å². The van der Waals surface area contributed by atoms with Crippen LogP contribution < -0.4 is 10.6 Å². The highest BCUT2D eigenvalue weighted by Gasteiger charge is 2.11. The molecule has 0 radical (unpaired) electrons. The SMILES string of the molecule is COC(=O)c1cccc(NC(=O)c2ccc(NC(C)c3ccccc3)nc2)c1. The van der Waals surface area contributed by atoms with E-state index in [1.807, 2.05) is 37.3 Å². The first-order valence-corrected chi connectivity index (χ1v) is 8.84. The van der Waals surface area contributed by atoms with Gasteiger partial charge in [0.05, 0.1) is 18.2 Å². The Balaban J connectivity index is 1.65. The first-order valence-electron chi connectivity index (χ1n) is 8.84. The molecule has 28 heavy (non-hydrogen) atoms. The average molecular weight is 375 g/mol. The van der Waals surface area contributed by atoms with Crippen molar-refractivity contribution in [3.63, 3.8) is 0 Å². The summed E-state index contributed by atoms with van der Waals surface area (Å²) < 4.78 is 4.69. The summed E-state index contributed by atoms with van der Waals surface area (Å²) in [4.78, 5) is 28.3. The minimum atomic E-state index is -0.458. The summed E-state index contributed by atoms with van der Waals surface area (Å²) in [6, 6.07) is 20.2. The zero-order chi connectivity index (χ0) is 19.9. The normalized spacial score (nSPS) is 11.4. The van der Waals surface area contributed by atoms with E-state index in [4.69, 9.17) is 0 Å². The fraction of sp³-hybridized carbons (Fsp3) is 0.136. The Hall–Kier alpha value is -3.67. The summed E-state index contributed by atoms with van der Waals surface area (Å²) in [5, 5.41) is 6.06. The lowest BCUT2D eigenvalue weighted by Gasteiger charge is -2.15. The highest BCUT2D eigenvalue weighted by Crippen LogP contribution is 2.18. The highest BCUT2D eigenvalue weighted by atomic mass is 16.5. The zero-order valence-corrected chi connectivity index (χ0v) is 15.7. The second-order valence-corrected chi connectivity index (χ2v) is 6.24. The molecule has 0 saturated heterocycles. The van der Waals surface area contributed by atoms with E-state index >= 15 is 0 Å².